The molecule has 72 valence electrons. The van der Waals surface area contributed by atoms with Crippen molar-refractivity contribution in [3.8, 4) is 0 Å². The van der Waals surface area contributed by atoms with Gasteiger partial charge in [-0.05, 0) is 12.5 Å². The maximum absolute atomic E-state index is 10.6. The summed E-state index contributed by atoms with van der Waals surface area (Å²) in [6.45, 7) is 7.76. The molecular formula is C9H19NO2. The third-order valence-electron chi connectivity index (χ3n) is 1.43. The number of hydrogen-bond acceptors (Lipinski definition) is 3. The molecule has 1 N–H and O–H groups in total. The molecular weight excluding hydrogens is 154 g/mol. The topological polar surface area (TPSA) is 38.3 Å². The van der Waals surface area contributed by atoms with Gasteiger partial charge in [0.05, 0.1) is 0 Å². The Bertz CT molecular complexity index is 149. The van der Waals surface area contributed by atoms with Crippen molar-refractivity contribution < 1.29 is 9.53 Å². The molecule has 0 aromatic heterocycles. The zero-order chi connectivity index (χ0) is 9.78. The highest BCUT2D eigenvalue weighted by Crippen LogP contribution is 2.20. The zero-order valence-corrected chi connectivity index (χ0v) is 8.60. The fourth-order valence-electron chi connectivity index (χ4n) is 0.959. The van der Waals surface area contributed by atoms with E-state index in [4.69, 9.17) is 4.74 Å². The molecule has 1 unspecified atom stereocenters. The molecule has 0 saturated heterocycles. The lowest BCUT2D eigenvalue weighted by Crippen LogP contribution is -2.33. The zero-order valence-electron chi connectivity index (χ0n) is 8.60. The molecule has 0 radical (unpaired) electrons. The first kappa shape index (κ1) is 11.4. The van der Waals surface area contributed by atoms with Crippen LogP contribution in [0.5, 0.6) is 0 Å². The van der Waals surface area contributed by atoms with E-state index in [1.54, 1.807) is 7.05 Å². The molecule has 0 heterocycles. The van der Waals surface area contributed by atoms with Gasteiger partial charge in [0.2, 0.25) is 0 Å². The van der Waals surface area contributed by atoms with Gasteiger partial charge in [0.15, 0.2) is 6.23 Å². The minimum atomic E-state index is -0.237. The van der Waals surface area contributed by atoms with E-state index in [-0.39, 0.29) is 17.6 Å². The van der Waals surface area contributed by atoms with Crippen LogP contribution in [0.25, 0.3) is 0 Å². The molecule has 12 heavy (non-hydrogen) atoms. The molecule has 0 bridgehead atoms. The Morgan fingerprint density at radius 2 is 2.00 bits per heavy atom. The van der Waals surface area contributed by atoms with Gasteiger partial charge >= 0.3 is 5.97 Å². The van der Waals surface area contributed by atoms with E-state index in [0.29, 0.717) is 0 Å². The van der Waals surface area contributed by atoms with Crippen LogP contribution in [0.2, 0.25) is 0 Å². The summed E-state index contributed by atoms with van der Waals surface area (Å²) in [7, 11) is 1.79. The monoisotopic (exact) mass is 173 g/mol. The van der Waals surface area contributed by atoms with E-state index < -0.39 is 0 Å². The van der Waals surface area contributed by atoms with Crippen LogP contribution in [-0.2, 0) is 9.53 Å². The highest BCUT2D eigenvalue weighted by molar-refractivity contribution is 5.66. The molecule has 0 fully saturated rings. The van der Waals surface area contributed by atoms with E-state index in [2.05, 4.69) is 26.1 Å². The van der Waals surface area contributed by atoms with Gasteiger partial charge in [0.25, 0.3) is 0 Å². The van der Waals surface area contributed by atoms with Crippen LogP contribution in [-0.4, -0.2) is 19.2 Å². The van der Waals surface area contributed by atoms with Crippen LogP contribution in [0.15, 0.2) is 0 Å². The minimum absolute atomic E-state index is 0.164. The molecule has 0 aromatic rings. The van der Waals surface area contributed by atoms with Crippen LogP contribution in [0.3, 0.4) is 0 Å². The molecule has 0 rings (SSSR count). The average Bonchev–Trinajstić information content (AvgIpc) is 1.82. The van der Waals surface area contributed by atoms with E-state index >= 15 is 0 Å². The summed E-state index contributed by atoms with van der Waals surface area (Å²) in [5, 5.41) is 2.95. The predicted molar refractivity (Wildman–Crippen MR) is 48.7 cm³/mol. The first-order chi connectivity index (χ1) is 5.35. The van der Waals surface area contributed by atoms with E-state index in [0.717, 1.165) is 6.42 Å². The third-order valence-corrected chi connectivity index (χ3v) is 1.43. The van der Waals surface area contributed by atoms with Gasteiger partial charge in [-0.15, -0.1) is 0 Å². The fraction of sp³-hybridized carbons (Fsp3) is 0.889. The molecule has 0 amide bonds. The van der Waals surface area contributed by atoms with Gasteiger partial charge in [-0.3, -0.25) is 10.1 Å². The van der Waals surface area contributed by atoms with E-state index in [9.17, 15) is 4.79 Å². The summed E-state index contributed by atoms with van der Waals surface area (Å²) in [6.07, 6.45) is 0.658. The normalized spacial score (nSPS) is 14.1. The lowest BCUT2D eigenvalue weighted by Gasteiger charge is -2.24. The summed E-state index contributed by atoms with van der Waals surface area (Å²) < 4.78 is 5.03. The van der Waals surface area contributed by atoms with Crippen molar-refractivity contribution in [2.45, 2.75) is 40.3 Å². The molecule has 0 saturated carbocycles. The second-order valence-electron chi connectivity index (χ2n) is 4.15. The summed E-state index contributed by atoms with van der Waals surface area (Å²) >= 11 is 0. The Balaban J connectivity index is 3.92. The number of carbonyl (C=O) groups excluding carboxylic acids is 1. The SMILES string of the molecule is CNC(CC(C)(C)C)OC(C)=O. The number of nitrogens with one attached hydrogen (secondary N) is 1. The van der Waals surface area contributed by atoms with Gasteiger partial charge < -0.3 is 4.74 Å². The first-order valence-corrected chi connectivity index (χ1v) is 4.19. The predicted octanol–water partition coefficient (Wildman–Crippen LogP) is 1.53. The Labute approximate surface area is 74.5 Å². The summed E-state index contributed by atoms with van der Waals surface area (Å²) in [5.41, 5.74) is 0.170. The minimum Gasteiger partial charge on any atom is -0.447 e. The van der Waals surface area contributed by atoms with Crippen LogP contribution in [0.4, 0.5) is 0 Å². The van der Waals surface area contributed by atoms with Crippen LogP contribution in [0, 0.1) is 5.41 Å². The molecule has 0 aromatic carbocycles. The van der Waals surface area contributed by atoms with Crippen LogP contribution in [0.1, 0.15) is 34.1 Å². The quantitative estimate of drug-likeness (QED) is 0.519. The van der Waals surface area contributed by atoms with Crippen molar-refractivity contribution in [1.82, 2.24) is 5.32 Å². The fourth-order valence-corrected chi connectivity index (χ4v) is 0.959. The number of esters is 1. The second-order valence-corrected chi connectivity index (χ2v) is 4.15. The highest BCUT2D eigenvalue weighted by atomic mass is 16.6. The Kier molecular flexibility index (Phi) is 4.24. The van der Waals surface area contributed by atoms with Gasteiger partial charge in [0.1, 0.15) is 0 Å². The first-order valence-electron chi connectivity index (χ1n) is 4.19. The molecule has 3 heteroatoms. The summed E-state index contributed by atoms with van der Waals surface area (Å²) in [5.74, 6) is -0.237. The third kappa shape index (κ3) is 6.16. The molecule has 0 spiro atoms. The molecule has 1 atom stereocenters. The number of rotatable bonds is 3. The van der Waals surface area contributed by atoms with Gasteiger partial charge in [-0.1, -0.05) is 20.8 Å². The Morgan fingerprint density at radius 1 is 1.50 bits per heavy atom. The maximum atomic E-state index is 10.6. The van der Waals surface area contributed by atoms with E-state index in [1.807, 2.05) is 0 Å². The van der Waals surface area contributed by atoms with Crippen molar-refractivity contribution in [1.29, 1.82) is 0 Å². The number of carbonyl (C=O) groups is 1. The van der Waals surface area contributed by atoms with Crippen LogP contribution < -0.4 is 5.32 Å². The standard InChI is InChI=1S/C9H19NO2/c1-7(11)12-8(10-5)6-9(2,3)4/h8,10H,6H2,1-5H3. The summed E-state index contributed by atoms with van der Waals surface area (Å²) in [6, 6.07) is 0. The molecule has 3 nitrogen and oxygen atoms in total. The van der Waals surface area contributed by atoms with Crippen molar-refractivity contribution in [3.63, 3.8) is 0 Å². The maximum Gasteiger partial charge on any atom is 0.304 e. The molecule has 0 aliphatic heterocycles. The Hall–Kier alpha value is -0.570. The van der Waals surface area contributed by atoms with Gasteiger partial charge in [-0.2, -0.15) is 0 Å². The van der Waals surface area contributed by atoms with Crippen LogP contribution >= 0.6 is 0 Å². The lowest BCUT2D eigenvalue weighted by atomic mass is 9.91. The number of hydrogen-bond donors (Lipinski definition) is 1. The van der Waals surface area contributed by atoms with E-state index in [1.165, 1.54) is 6.92 Å². The molecule has 0 aliphatic carbocycles. The van der Waals surface area contributed by atoms with Crippen molar-refractivity contribution in [2.24, 2.45) is 5.41 Å². The lowest BCUT2D eigenvalue weighted by molar-refractivity contribution is -0.149. The van der Waals surface area contributed by atoms with Crippen molar-refractivity contribution in [2.75, 3.05) is 7.05 Å². The van der Waals surface area contributed by atoms with Gasteiger partial charge in [0, 0.05) is 13.3 Å². The highest BCUT2D eigenvalue weighted by Gasteiger charge is 2.19. The van der Waals surface area contributed by atoms with Crippen molar-refractivity contribution in [3.05, 3.63) is 0 Å². The summed E-state index contributed by atoms with van der Waals surface area (Å²) in [4.78, 5) is 10.6. The van der Waals surface area contributed by atoms with Gasteiger partial charge in [-0.25, -0.2) is 0 Å². The van der Waals surface area contributed by atoms with Crippen molar-refractivity contribution >= 4 is 5.97 Å². The Morgan fingerprint density at radius 3 is 2.25 bits per heavy atom. The second kappa shape index (κ2) is 4.45. The largest absolute Gasteiger partial charge is 0.447 e. The smallest absolute Gasteiger partial charge is 0.304 e. The average molecular weight is 173 g/mol. The number of ether oxygens (including phenoxy) is 1. The molecule has 0 aliphatic rings.